The first-order valence-electron chi connectivity index (χ1n) is 9.34. The van der Waals surface area contributed by atoms with Gasteiger partial charge in [-0.15, -0.1) is 0 Å². The normalized spacial score (nSPS) is 16.1. The van der Waals surface area contributed by atoms with Crippen molar-refractivity contribution < 1.29 is 22.7 Å². The van der Waals surface area contributed by atoms with E-state index in [0.29, 0.717) is 17.2 Å². The first-order valence-corrected chi connectivity index (χ1v) is 11.2. The zero-order chi connectivity index (χ0) is 19.9. The van der Waals surface area contributed by atoms with Gasteiger partial charge in [-0.25, -0.2) is 8.42 Å². The highest BCUT2D eigenvalue weighted by atomic mass is 32.2. The molecule has 0 spiro atoms. The number of benzene rings is 1. The van der Waals surface area contributed by atoms with Gasteiger partial charge in [0.05, 0.1) is 26.2 Å². The third-order valence-electron chi connectivity index (χ3n) is 4.81. The van der Waals surface area contributed by atoms with Crippen molar-refractivity contribution in [2.75, 3.05) is 31.3 Å². The molecule has 1 saturated carbocycles. The Bertz CT molecular complexity index is 728. The van der Waals surface area contributed by atoms with Gasteiger partial charge in [0.1, 0.15) is 6.54 Å². The minimum atomic E-state index is -3.64. The van der Waals surface area contributed by atoms with Gasteiger partial charge in [0.25, 0.3) is 0 Å². The Morgan fingerprint density at radius 2 is 1.67 bits per heavy atom. The van der Waals surface area contributed by atoms with Crippen LogP contribution in [0.3, 0.4) is 0 Å². The lowest BCUT2D eigenvalue weighted by molar-refractivity contribution is -0.120. The standard InChI is InChI=1S/C19H30N2O5S/c1-25-17-12-11-16(13-18(17)26-2)21(27(3,23)24)14-19(22)20-15-9-7-5-4-6-8-10-15/h11-13,15H,4-10,14H2,1-3H3,(H,20,22). The van der Waals surface area contributed by atoms with Crippen molar-refractivity contribution in [3.05, 3.63) is 18.2 Å². The maximum Gasteiger partial charge on any atom is 0.240 e. The van der Waals surface area contributed by atoms with E-state index in [-0.39, 0.29) is 18.5 Å². The predicted octanol–water partition coefficient (Wildman–Crippen LogP) is 2.70. The van der Waals surface area contributed by atoms with Crippen molar-refractivity contribution in [3.8, 4) is 11.5 Å². The van der Waals surface area contributed by atoms with Crippen LogP contribution in [0.25, 0.3) is 0 Å². The van der Waals surface area contributed by atoms with Crippen LogP contribution in [-0.2, 0) is 14.8 Å². The number of ether oxygens (including phenoxy) is 2. The molecule has 1 fully saturated rings. The molecule has 0 radical (unpaired) electrons. The Labute approximate surface area is 162 Å². The van der Waals surface area contributed by atoms with E-state index in [1.54, 1.807) is 18.2 Å². The molecule has 1 aromatic rings. The molecule has 1 aliphatic rings. The minimum absolute atomic E-state index is 0.115. The zero-order valence-corrected chi connectivity index (χ0v) is 17.2. The molecule has 1 aliphatic carbocycles. The number of nitrogens with zero attached hydrogens (tertiary/aromatic N) is 1. The molecule has 8 heteroatoms. The van der Waals surface area contributed by atoms with E-state index in [2.05, 4.69) is 5.32 Å². The lowest BCUT2D eigenvalue weighted by Crippen LogP contribution is -2.44. The molecule has 0 unspecified atom stereocenters. The monoisotopic (exact) mass is 398 g/mol. The summed E-state index contributed by atoms with van der Waals surface area (Å²) < 4.78 is 36.1. The van der Waals surface area contributed by atoms with E-state index in [1.807, 2.05) is 0 Å². The number of hydrogen-bond acceptors (Lipinski definition) is 5. The Hall–Kier alpha value is -1.96. The highest BCUT2D eigenvalue weighted by Gasteiger charge is 2.23. The average molecular weight is 399 g/mol. The molecule has 0 saturated heterocycles. The van der Waals surface area contributed by atoms with Gasteiger partial charge in [0.2, 0.25) is 15.9 Å². The molecule has 1 amide bonds. The van der Waals surface area contributed by atoms with Crippen LogP contribution in [-0.4, -0.2) is 47.4 Å². The van der Waals surface area contributed by atoms with Crippen molar-refractivity contribution in [1.82, 2.24) is 5.32 Å². The fourth-order valence-electron chi connectivity index (χ4n) is 3.38. The fraction of sp³-hybridized carbons (Fsp3) is 0.632. The zero-order valence-electron chi connectivity index (χ0n) is 16.4. The fourth-order valence-corrected chi connectivity index (χ4v) is 4.23. The number of methoxy groups -OCH3 is 2. The summed E-state index contributed by atoms with van der Waals surface area (Å²) in [5, 5.41) is 3.01. The van der Waals surface area contributed by atoms with Crippen LogP contribution in [0.15, 0.2) is 18.2 Å². The average Bonchev–Trinajstić information content (AvgIpc) is 2.60. The second-order valence-corrected chi connectivity index (χ2v) is 8.83. The van der Waals surface area contributed by atoms with E-state index in [9.17, 15) is 13.2 Å². The van der Waals surface area contributed by atoms with Gasteiger partial charge < -0.3 is 14.8 Å². The number of carbonyl (C=O) groups is 1. The molecule has 0 atom stereocenters. The highest BCUT2D eigenvalue weighted by Crippen LogP contribution is 2.32. The molecule has 0 bridgehead atoms. The first kappa shape index (κ1) is 21.3. The summed E-state index contributed by atoms with van der Waals surface area (Å²) in [6.45, 7) is -0.259. The molecule has 2 rings (SSSR count). The molecule has 0 aromatic heterocycles. The summed E-state index contributed by atoms with van der Waals surface area (Å²) in [5.41, 5.74) is 0.364. The molecule has 27 heavy (non-hydrogen) atoms. The number of rotatable bonds is 7. The molecule has 152 valence electrons. The largest absolute Gasteiger partial charge is 0.493 e. The smallest absolute Gasteiger partial charge is 0.240 e. The minimum Gasteiger partial charge on any atom is -0.493 e. The van der Waals surface area contributed by atoms with Crippen LogP contribution in [0.1, 0.15) is 44.9 Å². The Morgan fingerprint density at radius 3 is 2.22 bits per heavy atom. The Morgan fingerprint density at radius 1 is 1.07 bits per heavy atom. The highest BCUT2D eigenvalue weighted by molar-refractivity contribution is 7.92. The third-order valence-corrected chi connectivity index (χ3v) is 5.95. The Kier molecular flexibility index (Phi) is 7.77. The van der Waals surface area contributed by atoms with Gasteiger partial charge in [0, 0.05) is 12.1 Å². The van der Waals surface area contributed by atoms with Crippen LogP contribution in [0.2, 0.25) is 0 Å². The molecule has 1 N–H and O–H groups in total. The van der Waals surface area contributed by atoms with E-state index in [0.717, 1.165) is 36.2 Å². The molecule has 0 aliphatic heterocycles. The van der Waals surface area contributed by atoms with Crippen LogP contribution < -0.4 is 19.1 Å². The van der Waals surface area contributed by atoms with Gasteiger partial charge in [-0.1, -0.05) is 32.1 Å². The summed E-state index contributed by atoms with van der Waals surface area (Å²) in [6.07, 6.45) is 8.80. The maximum absolute atomic E-state index is 12.5. The van der Waals surface area contributed by atoms with E-state index in [1.165, 1.54) is 33.5 Å². The van der Waals surface area contributed by atoms with E-state index < -0.39 is 10.0 Å². The van der Waals surface area contributed by atoms with Gasteiger partial charge in [-0.2, -0.15) is 0 Å². The van der Waals surface area contributed by atoms with Gasteiger partial charge in [-0.3, -0.25) is 9.10 Å². The summed E-state index contributed by atoms with van der Waals surface area (Å²) in [7, 11) is -0.647. The molecular formula is C19H30N2O5S. The molecule has 1 aromatic carbocycles. The summed E-state index contributed by atoms with van der Waals surface area (Å²) >= 11 is 0. The lowest BCUT2D eigenvalue weighted by Gasteiger charge is -2.25. The second-order valence-electron chi connectivity index (χ2n) is 6.92. The quantitative estimate of drug-likeness (QED) is 0.763. The van der Waals surface area contributed by atoms with Crippen molar-refractivity contribution in [2.24, 2.45) is 0 Å². The maximum atomic E-state index is 12.5. The van der Waals surface area contributed by atoms with Crippen LogP contribution >= 0.6 is 0 Å². The van der Waals surface area contributed by atoms with Crippen molar-refractivity contribution in [2.45, 2.75) is 51.0 Å². The third kappa shape index (κ3) is 6.30. The van der Waals surface area contributed by atoms with E-state index in [4.69, 9.17) is 9.47 Å². The molecule has 0 heterocycles. The number of carbonyl (C=O) groups excluding carboxylic acids is 1. The number of anilines is 1. The predicted molar refractivity (Wildman–Crippen MR) is 106 cm³/mol. The Balaban J connectivity index is 2.13. The number of hydrogen-bond donors (Lipinski definition) is 1. The van der Waals surface area contributed by atoms with Crippen molar-refractivity contribution in [1.29, 1.82) is 0 Å². The van der Waals surface area contributed by atoms with Crippen molar-refractivity contribution in [3.63, 3.8) is 0 Å². The molecular weight excluding hydrogens is 368 g/mol. The number of nitrogens with one attached hydrogen (secondary N) is 1. The van der Waals surface area contributed by atoms with Gasteiger partial charge in [-0.05, 0) is 25.0 Å². The van der Waals surface area contributed by atoms with Gasteiger partial charge >= 0.3 is 0 Å². The molecule has 7 nitrogen and oxygen atoms in total. The summed E-state index contributed by atoms with van der Waals surface area (Å²) in [4.78, 5) is 12.5. The second kappa shape index (κ2) is 9.82. The first-order chi connectivity index (χ1) is 12.8. The number of sulfonamides is 1. The van der Waals surface area contributed by atoms with Gasteiger partial charge in [0.15, 0.2) is 11.5 Å². The van der Waals surface area contributed by atoms with Crippen LogP contribution in [0.4, 0.5) is 5.69 Å². The summed E-state index contributed by atoms with van der Waals surface area (Å²) in [6, 6.07) is 4.90. The summed E-state index contributed by atoms with van der Waals surface area (Å²) in [5.74, 6) is 0.610. The van der Waals surface area contributed by atoms with E-state index >= 15 is 0 Å². The van der Waals surface area contributed by atoms with Crippen LogP contribution in [0.5, 0.6) is 11.5 Å². The van der Waals surface area contributed by atoms with Crippen molar-refractivity contribution >= 4 is 21.6 Å². The van der Waals surface area contributed by atoms with Crippen LogP contribution in [0, 0.1) is 0 Å². The lowest BCUT2D eigenvalue weighted by atomic mass is 9.97. The SMILES string of the molecule is COc1ccc(N(CC(=O)NC2CCCCCCC2)S(C)(=O)=O)cc1OC. The topological polar surface area (TPSA) is 84.9 Å². The number of amides is 1.